The molecule has 1 fully saturated rings. The number of carbonyl (C=O) groups is 2. The lowest BCUT2D eigenvalue weighted by Gasteiger charge is -2.46. The first-order valence-corrected chi connectivity index (χ1v) is 13.6. The first-order chi connectivity index (χ1) is 18.5. The van der Waals surface area contributed by atoms with E-state index in [1.165, 1.54) is 4.90 Å². The van der Waals surface area contributed by atoms with E-state index in [0.29, 0.717) is 50.8 Å². The molecule has 0 radical (unpaired) electrons. The molecule has 0 spiro atoms. The number of hydrogen-bond acceptors (Lipinski definition) is 6. The molecule has 2 aliphatic rings. The van der Waals surface area contributed by atoms with E-state index < -0.39 is 12.1 Å². The molecule has 0 bridgehead atoms. The minimum absolute atomic E-state index is 0.102. The van der Waals surface area contributed by atoms with Gasteiger partial charge in [0, 0.05) is 42.4 Å². The second-order valence-corrected chi connectivity index (χ2v) is 11.2. The van der Waals surface area contributed by atoms with E-state index in [-0.39, 0.29) is 23.4 Å². The predicted molar refractivity (Wildman–Crippen MR) is 152 cm³/mol. The van der Waals surface area contributed by atoms with Crippen molar-refractivity contribution < 1.29 is 19.4 Å². The van der Waals surface area contributed by atoms with Gasteiger partial charge in [-0.2, -0.15) is 0 Å². The quantitative estimate of drug-likeness (QED) is 0.431. The van der Waals surface area contributed by atoms with Gasteiger partial charge in [-0.1, -0.05) is 26.8 Å². The van der Waals surface area contributed by atoms with Crippen molar-refractivity contribution in [1.29, 1.82) is 0 Å². The fourth-order valence-corrected chi connectivity index (χ4v) is 5.37. The molecule has 10 nitrogen and oxygen atoms in total. The minimum Gasteiger partial charge on any atom is -0.465 e. The van der Waals surface area contributed by atoms with Crippen molar-refractivity contribution in [3.05, 3.63) is 48.2 Å². The number of ether oxygens (including phenoxy) is 1. The summed E-state index contributed by atoms with van der Waals surface area (Å²) in [6, 6.07) is 6.73. The number of nitrogens with zero attached hydrogens (tertiary/aromatic N) is 4. The monoisotopic (exact) mass is 536 g/mol. The van der Waals surface area contributed by atoms with E-state index in [4.69, 9.17) is 14.7 Å². The molecular formula is C29H40N6O4. The molecule has 3 heterocycles. The summed E-state index contributed by atoms with van der Waals surface area (Å²) in [7, 11) is 0. The summed E-state index contributed by atoms with van der Waals surface area (Å²) < 4.78 is 5.73. The maximum Gasteiger partial charge on any atom is 0.407 e. The smallest absolute Gasteiger partial charge is 0.407 e. The number of nitrogens with one attached hydrogen (secondary N) is 2. The Kier molecular flexibility index (Phi) is 8.44. The molecule has 3 amide bonds. The highest BCUT2D eigenvalue weighted by molar-refractivity contribution is 5.89. The van der Waals surface area contributed by atoms with Gasteiger partial charge in [0.25, 0.3) is 0 Å². The lowest BCUT2D eigenvalue weighted by atomic mass is 9.72. The van der Waals surface area contributed by atoms with E-state index in [2.05, 4.69) is 49.8 Å². The fraction of sp³-hybridized carbons (Fsp3) is 0.517. The third-order valence-electron chi connectivity index (χ3n) is 7.43. The number of carbonyl (C=O) groups excluding carboxylic acids is 1. The predicted octanol–water partition coefficient (Wildman–Crippen LogP) is 5.25. The van der Waals surface area contributed by atoms with Crippen LogP contribution < -0.4 is 15.5 Å². The Balaban J connectivity index is 1.90. The third kappa shape index (κ3) is 6.00. The molecule has 2 aromatic rings. The Hall–Kier alpha value is -3.66. The van der Waals surface area contributed by atoms with Crippen LogP contribution >= 0.6 is 0 Å². The Labute approximate surface area is 230 Å². The van der Waals surface area contributed by atoms with E-state index in [1.807, 2.05) is 31.2 Å². The standard InChI is InChI=1S/C29H40N6O4/c1-7-9-22-24-23(21(29(4,5)6)16-35(22)28(37)38)26(34-14-15-39-17-18(34)3)33-25(32-24)19-10-12-20(13-11-19)31-27(36)30-8-2/h7,10-13,18,21-22H,1,8-9,14-17H2,2-6H3,(H,37,38)(H2,30,31,36)/t18-,21+,22?/m0/s1. The summed E-state index contributed by atoms with van der Waals surface area (Å²) in [5.41, 5.74) is 2.94. The molecule has 3 atom stereocenters. The number of urea groups is 1. The first kappa shape index (κ1) is 28.4. The van der Waals surface area contributed by atoms with Gasteiger partial charge in [-0.05, 0) is 49.9 Å². The third-order valence-corrected chi connectivity index (χ3v) is 7.43. The minimum atomic E-state index is -0.969. The number of amides is 3. The van der Waals surface area contributed by atoms with Crippen LogP contribution in [0.5, 0.6) is 0 Å². The zero-order valence-corrected chi connectivity index (χ0v) is 23.5. The number of morpholine rings is 1. The van der Waals surface area contributed by atoms with Crippen molar-refractivity contribution in [2.75, 3.05) is 43.1 Å². The number of anilines is 2. The van der Waals surface area contributed by atoms with Crippen molar-refractivity contribution in [1.82, 2.24) is 20.2 Å². The van der Waals surface area contributed by atoms with E-state index >= 15 is 0 Å². The summed E-state index contributed by atoms with van der Waals surface area (Å²) in [4.78, 5) is 38.4. The summed E-state index contributed by atoms with van der Waals surface area (Å²) in [6.07, 6.45) is 1.23. The average molecular weight is 537 g/mol. The van der Waals surface area contributed by atoms with Crippen molar-refractivity contribution in [3.63, 3.8) is 0 Å². The highest BCUT2D eigenvalue weighted by atomic mass is 16.5. The number of rotatable bonds is 6. The maximum absolute atomic E-state index is 12.5. The number of carboxylic acid groups (broad SMARTS) is 1. The Morgan fingerprint density at radius 1 is 1.23 bits per heavy atom. The van der Waals surface area contributed by atoms with Crippen LogP contribution in [0.2, 0.25) is 0 Å². The topological polar surface area (TPSA) is 120 Å². The first-order valence-electron chi connectivity index (χ1n) is 13.6. The summed E-state index contributed by atoms with van der Waals surface area (Å²) >= 11 is 0. The summed E-state index contributed by atoms with van der Waals surface area (Å²) in [5.74, 6) is 1.25. The van der Waals surface area contributed by atoms with Crippen LogP contribution in [0.3, 0.4) is 0 Å². The highest BCUT2D eigenvalue weighted by Crippen LogP contribution is 2.49. The number of benzene rings is 1. The highest BCUT2D eigenvalue weighted by Gasteiger charge is 2.44. The molecule has 10 heteroatoms. The number of fused-ring (bicyclic) bond motifs is 1. The van der Waals surface area contributed by atoms with Gasteiger partial charge >= 0.3 is 12.1 Å². The lowest BCUT2D eigenvalue weighted by molar-refractivity contribution is 0.0936. The second kappa shape index (κ2) is 11.6. The molecule has 1 aromatic heterocycles. The molecule has 2 aliphatic heterocycles. The molecule has 39 heavy (non-hydrogen) atoms. The Morgan fingerprint density at radius 2 is 1.95 bits per heavy atom. The molecule has 1 saturated heterocycles. The Morgan fingerprint density at radius 3 is 2.54 bits per heavy atom. The van der Waals surface area contributed by atoms with Gasteiger partial charge in [0.1, 0.15) is 5.82 Å². The molecule has 3 N–H and O–H groups in total. The molecule has 210 valence electrons. The zero-order chi connectivity index (χ0) is 28.3. The van der Waals surface area contributed by atoms with Gasteiger partial charge in [0.15, 0.2) is 5.82 Å². The van der Waals surface area contributed by atoms with E-state index in [0.717, 1.165) is 22.6 Å². The molecule has 1 aromatic carbocycles. The van der Waals surface area contributed by atoms with E-state index in [1.54, 1.807) is 6.08 Å². The SMILES string of the molecule is C=CCC1c2nc(-c3ccc(NC(=O)NCC)cc3)nc(N3CCOC[C@@H]3C)c2[C@H](C(C)(C)C)CN1C(=O)O. The molecule has 1 unspecified atom stereocenters. The van der Waals surface area contributed by atoms with Gasteiger partial charge in [0.05, 0.1) is 31.0 Å². The molecular weight excluding hydrogens is 496 g/mol. The van der Waals surface area contributed by atoms with Crippen LogP contribution in [0.25, 0.3) is 11.4 Å². The van der Waals surface area contributed by atoms with Crippen LogP contribution in [-0.2, 0) is 4.74 Å². The van der Waals surface area contributed by atoms with Gasteiger partial charge < -0.3 is 25.4 Å². The van der Waals surface area contributed by atoms with Crippen LogP contribution in [0, 0.1) is 5.41 Å². The van der Waals surface area contributed by atoms with Crippen LogP contribution in [0.4, 0.5) is 21.1 Å². The van der Waals surface area contributed by atoms with Gasteiger partial charge in [0.2, 0.25) is 0 Å². The van der Waals surface area contributed by atoms with Crippen molar-refractivity contribution in [2.45, 2.75) is 59.0 Å². The van der Waals surface area contributed by atoms with Crippen LogP contribution in [-0.4, -0.2) is 71.0 Å². The van der Waals surface area contributed by atoms with Crippen LogP contribution in [0.1, 0.15) is 64.3 Å². The maximum atomic E-state index is 12.5. The van der Waals surface area contributed by atoms with E-state index in [9.17, 15) is 14.7 Å². The molecule has 0 saturated carbocycles. The Bertz CT molecular complexity index is 1210. The average Bonchev–Trinajstić information content (AvgIpc) is 2.88. The summed E-state index contributed by atoms with van der Waals surface area (Å²) in [6.45, 7) is 17.1. The normalized spacial score (nSPS) is 21.2. The van der Waals surface area contributed by atoms with Crippen molar-refractivity contribution >= 4 is 23.6 Å². The van der Waals surface area contributed by atoms with Crippen molar-refractivity contribution in [3.8, 4) is 11.4 Å². The van der Waals surface area contributed by atoms with Gasteiger partial charge in [-0.25, -0.2) is 19.6 Å². The largest absolute Gasteiger partial charge is 0.465 e. The fourth-order valence-electron chi connectivity index (χ4n) is 5.37. The van der Waals surface area contributed by atoms with Gasteiger partial charge in [-0.15, -0.1) is 6.58 Å². The molecule has 4 rings (SSSR count). The lowest BCUT2D eigenvalue weighted by Crippen LogP contribution is -2.48. The molecule has 0 aliphatic carbocycles. The number of hydrogen-bond donors (Lipinski definition) is 3. The van der Waals surface area contributed by atoms with Crippen LogP contribution in [0.15, 0.2) is 36.9 Å². The number of aromatic nitrogens is 2. The zero-order valence-electron chi connectivity index (χ0n) is 23.5. The van der Waals surface area contributed by atoms with Crippen molar-refractivity contribution in [2.24, 2.45) is 5.41 Å². The second-order valence-electron chi connectivity index (χ2n) is 11.2. The summed E-state index contributed by atoms with van der Waals surface area (Å²) in [5, 5.41) is 15.7. The van der Waals surface area contributed by atoms with Gasteiger partial charge in [-0.3, -0.25) is 4.90 Å².